The van der Waals surface area contributed by atoms with Crippen molar-refractivity contribution in [2.75, 3.05) is 5.73 Å². The van der Waals surface area contributed by atoms with Crippen LogP contribution in [0.25, 0.3) is 5.69 Å². The molecule has 0 fully saturated rings. The summed E-state index contributed by atoms with van der Waals surface area (Å²) in [6.45, 7) is -0.176. The second kappa shape index (κ2) is 10.3. The van der Waals surface area contributed by atoms with Gasteiger partial charge in [0.2, 0.25) is 0 Å². The van der Waals surface area contributed by atoms with E-state index in [9.17, 15) is 27.2 Å². The Labute approximate surface area is 212 Å². The summed E-state index contributed by atoms with van der Waals surface area (Å²) in [4.78, 5) is 28.8. The van der Waals surface area contributed by atoms with Gasteiger partial charge in [0.15, 0.2) is 17.3 Å². The second-order valence-electron chi connectivity index (χ2n) is 7.73. The van der Waals surface area contributed by atoms with E-state index in [-0.39, 0.29) is 45.7 Å². The zero-order chi connectivity index (χ0) is 26.7. The number of carbonyl (C=O) groups is 1. The molecule has 12 heteroatoms. The molecule has 4 aromatic rings. The van der Waals surface area contributed by atoms with Crippen LogP contribution < -0.4 is 21.3 Å². The second-order valence-corrected chi connectivity index (χ2v) is 8.11. The van der Waals surface area contributed by atoms with Gasteiger partial charge in [-0.3, -0.25) is 14.2 Å². The minimum atomic E-state index is -4.51. The molecule has 0 unspecified atom stereocenters. The van der Waals surface area contributed by atoms with Crippen molar-refractivity contribution >= 4 is 23.3 Å². The maximum atomic E-state index is 14.8. The standard InChI is InChI=1S/C25H17ClF4N4O3/c26-22-20(8-9-32-23(22)31)37-19-6-5-17(11-18(19)27)34-13-15(4-7-21(34)35)24(36)33-12-14-2-1-3-16(10-14)25(28,29)30/h1-11,13H,12H2,(H2,31,32)(H,33,36). The summed E-state index contributed by atoms with van der Waals surface area (Å²) in [5.41, 5.74) is 4.60. The Balaban J connectivity index is 1.53. The molecule has 0 aliphatic carbocycles. The zero-order valence-corrected chi connectivity index (χ0v) is 19.5. The van der Waals surface area contributed by atoms with E-state index in [2.05, 4.69) is 10.3 Å². The smallest absolute Gasteiger partial charge is 0.416 e. The Morgan fingerprint density at radius 2 is 1.86 bits per heavy atom. The van der Waals surface area contributed by atoms with Gasteiger partial charge in [-0.2, -0.15) is 13.2 Å². The highest BCUT2D eigenvalue weighted by Crippen LogP contribution is 2.33. The number of carbonyl (C=O) groups excluding carboxylic acids is 1. The first kappa shape index (κ1) is 25.7. The number of hydrogen-bond donors (Lipinski definition) is 2. The average Bonchev–Trinajstić information content (AvgIpc) is 2.86. The van der Waals surface area contributed by atoms with E-state index in [0.29, 0.717) is 0 Å². The van der Waals surface area contributed by atoms with Crippen LogP contribution in [0.1, 0.15) is 21.5 Å². The number of nitrogens with two attached hydrogens (primary N) is 1. The van der Waals surface area contributed by atoms with Gasteiger partial charge >= 0.3 is 6.18 Å². The molecule has 0 saturated carbocycles. The number of nitrogens with one attached hydrogen (secondary N) is 1. The molecule has 0 atom stereocenters. The van der Waals surface area contributed by atoms with Crippen molar-refractivity contribution in [1.82, 2.24) is 14.9 Å². The van der Waals surface area contributed by atoms with Crippen molar-refractivity contribution in [3.8, 4) is 17.2 Å². The normalized spacial score (nSPS) is 11.3. The van der Waals surface area contributed by atoms with E-state index in [1.54, 1.807) is 0 Å². The zero-order valence-electron chi connectivity index (χ0n) is 18.7. The van der Waals surface area contributed by atoms with Gasteiger partial charge in [-0.1, -0.05) is 23.7 Å². The van der Waals surface area contributed by atoms with Gasteiger partial charge in [-0.15, -0.1) is 0 Å². The molecule has 4 rings (SSSR count). The molecule has 190 valence electrons. The van der Waals surface area contributed by atoms with Crippen LogP contribution in [-0.2, 0) is 12.7 Å². The molecule has 1 amide bonds. The topological polar surface area (TPSA) is 99.2 Å². The highest BCUT2D eigenvalue weighted by molar-refractivity contribution is 6.34. The first-order chi connectivity index (χ1) is 17.5. The fraction of sp³-hybridized carbons (Fsp3) is 0.0800. The molecule has 0 radical (unpaired) electrons. The fourth-order valence-corrected chi connectivity index (χ4v) is 3.48. The summed E-state index contributed by atoms with van der Waals surface area (Å²) in [7, 11) is 0. The van der Waals surface area contributed by atoms with Gasteiger partial charge in [-0.25, -0.2) is 9.37 Å². The number of benzene rings is 2. The number of anilines is 1. The molecule has 2 heterocycles. The molecular formula is C25H17ClF4N4O3. The fourth-order valence-electron chi connectivity index (χ4n) is 3.33. The molecular weight excluding hydrogens is 516 g/mol. The summed E-state index contributed by atoms with van der Waals surface area (Å²) in [5.74, 6) is -1.57. The van der Waals surface area contributed by atoms with Crippen LogP contribution in [0.2, 0.25) is 5.02 Å². The van der Waals surface area contributed by atoms with Crippen LogP contribution in [0.3, 0.4) is 0 Å². The highest BCUT2D eigenvalue weighted by atomic mass is 35.5. The van der Waals surface area contributed by atoms with Gasteiger partial charge in [0, 0.05) is 37.1 Å². The Bertz CT molecular complexity index is 1540. The van der Waals surface area contributed by atoms with E-state index < -0.39 is 29.0 Å². The molecule has 3 N–H and O–H groups in total. The van der Waals surface area contributed by atoms with Gasteiger partial charge < -0.3 is 15.8 Å². The molecule has 0 bridgehead atoms. The lowest BCUT2D eigenvalue weighted by atomic mass is 10.1. The van der Waals surface area contributed by atoms with Crippen LogP contribution in [0.5, 0.6) is 11.5 Å². The number of pyridine rings is 2. The number of nitrogen functional groups attached to an aromatic ring is 1. The number of nitrogens with zero attached hydrogens (tertiary/aromatic N) is 2. The quantitative estimate of drug-likeness (QED) is 0.326. The third kappa shape index (κ3) is 5.89. The maximum absolute atomic E-state index is 14.8. The molecule has 0 aliphatic heterocycles. The number of halogens is 5. The van der Waals surface area contributed by atoms with Gasteiger partial charge in [0.25, 0.3) is 11.5 Å². The molecule has 2 aromatic carbocycles. The number of alkyl halides is 3. The summed E-state index contributed by atoms with van der Waals surface area (Å²) in [6, 6.07) is 12.0. The molecule has 37 heavy (non-hydrogen) atoms. The van der Waals surface area contributed by atoms with Crippen molar-refractivity contribution in [1.29, 1.82) is 0 Å². The summed E-state index contributed by atoms with van der Waals surface area (Å²) >= 11 is 6.01. The average molecular weight is 533 g/mol. The first-order valence-corrected chi connectivity index (χ1v) is 11.0. The number of rotatable bonds is 6. The van der Waals surface area contributed by atoms with E-state index >= 15 is 0 Å². The highest BCUT2D eigenvalue weighted by Gasteiger charge is 2.30. The summed E-state index contributed by atoms with van der Waals surface area (Å²) in [5, 5.41) is 2.51. The summed E-state index contributed by atoms with van der Waals surface area (Å²) in [6.07, 6.45) is -1.98. The molecule has 2 aromatic heterocycles. The molecule has 0 spiro atoms. The Morgan fingerprint density at radius 3 is 2.59 bits per heavy atom. The van der Waals surface area contributed by atoms with E-state index in [1.807, 2.05) is 0 Å². The lowest BCUT2D eigenvalue weighted by Crippen LogP contribution is -2.26. The van der Waals surface area contributed by atoms with E-state index in [4.69, 9.17) is 22.1 Å². The third-order valence-corrected chi connectivity index (χ3v) is 5.55. The first-order valence-electron chi connectivity index (χ1n) is 10.6. The predicted molar refractivity (Wildman–Crippen MR) is 128 cm³/mol. The monoisotopic (exact) mass is 532 g/mol. The van der Waals surface area contributed by atoms with Gasteiger partial charge in [-0.05, 0) is 35.9 Å². The Hall–Kier alpha value is -4.38. The maximum Gasteiger partial charge on any atom is 0.416 e. The van der Waals surface area contributed by atoms with Crippen LogP contribution in [0.15, 0.2) is 77.9 Å². The SMILES string of the molecule is Nc1nccc(Oc2ccc(-n3cc(C(=O)NCc4cccc(C(F)(F)F)c4)ccc3=O)cc2F)c1Cl. The van der Waals surface area contributed by atoms with Gasteiger partial charge in [0.05, 0.1) is 16.8 Å². The van der Waals surface area contributed by atoms with E-state index in [1.165, 1.54) is 48.8 Å². The Kier molecular flexibility index (Phi) is 7.16. The van der Waals surface area contributed by atoms with Crippen molar-refractivity contribution in [2.24, 2.45) is 0 Å². The van der Waals surface area contributed by atoms with Crippen LogP contribution in [-0.4, -0.2) is 15.5 Å². The predicted octanol–water partition coefficient (Wildman–Crippen LogP) is 5.35. The number of amides is 1. The Morgan fingerprint density at radius 1 is 1.08 bits per heavy atom. The van der Waals surface area contributed by atoms with Crippen LogP contribution >= 0.6 is 11.6 Å². The third-order valence-electron chi connectivity index (χ3n) is 5.17. The number of ether oxygens (including phenoxy) is 1. The van der Waals surface area contributed by atoms with Gasteiger partial charge in [0.1, 0.15) is 10.8 Å². The minimum Gasteiger partial charge on any atom is -0.453 e. The van der Waals surface area contributed by atoms with Crippen molar-refractivity contribution in [3.05, 3.63) is 111 Å². The number of hydrogen-bond acceptors (Lipinski definition) is 5. The largest absolute Gasteiger partial charge is 0.453 e. The van der Waals surface area contributed by atoms with Crippen molar-refractivity contribution in [3.63, 3.8) is 0 Å². The van der Waals surface area contributed by atoms with Crippen LogP contribution in [0, 0.1) is 5.82 Å². The molecule has 7 nitrogen and oxygen atoms in total. The lowest BCUT2D eigenvalue weighted by molar-refractivity contribution is -0.137. The molecule has 0 aliphatic rings. The molecule has 0 saturated heterocycles. The van der Waals surface area contributed by atoms with Crippen LogP contribution in [0.4, 0.5) is 23.4 Å². The van der Waals surface area contributed by atoms with Crippen molar-refractivity contribution in [2.45, 2.75) is 12.7 Å². The minimum absolute atomic E-state index is 0.00546. The lowest BCUT2D eigenvalue weighted by Gasteiger charge is -2.12. The summed E-state index contributed by atoms with van der Waals surface area (Å²) < 4.78 is 60.0. The number of aromatic nitrogens is 2. The van der Waals surface area contributed by atoms with E-state index in [0.717, 1.165) is 28.8 Å². The van der Waals surface area contributed by atoms with Crippen molar-refractivity contribution < 1.29 is 27.1 Å².